The Hall–Kier alpha value is -5.40. The molecule has 5 rings (SSSR count). The van der Waals surface area contributed by atoms with Gasteiger partial charge >= 0.3 is 0 Å². The summed E-state index contributed by atoms with van der Waals surface area (Å²) in [5, 5.41) is -1.94. The van der Waals surface area contributed by atoms with Gasteiger partial charge < -0.3 is 20.5 Å². The van der Waals surface area contributed by atoms with Crippen molar-refractivity contribution in [2.75, 3.05) is 25.0 Å². The number of hydrogen-bond acceptors (Lipinski definition) is 6. The van der Waals surface area contributed by atoms with Crippen LogP contribution in [0.1, 0.15) is 73.3 Å². The van der Waals surface area contributed by atoms with E-state index in [1.807, 2.05) is 5.32 Å². The molecule has 1 aliphatic rings. The monoisotopic (exact) mass is 665 g/mol. The number of aryl methyl sites for hydroxylation is 1. The van der Waals surface area contributed by atoms with Gasteiger partial charge in [0.05, 0.1) is 40.9 Å². The normalized spacial score (nSPS) is 22.8. The van der Waals surface area contributed by atoms with E-state index in [-0.39, 0.29) is 29.4 Å². The van der Waals surface area contributed by atoms with Crippen LogP contribution in [-0.4, -0.2) is 47.3 Å². The summed E-state index contributed by atoms with van der Waals surface area (Å²) >= 11 is 0. The lowest BCUT2D eigenvalue weighted by Gasteiger charge is -2.24. The summed E-state index contributed by atoms with van der Waals surface area (Å²) < 4.78 is 156. The third-order valence-corrected chi connectivity index (χ3v) is 8.31. The second-order valence-electron chi connectivity index (χ2n) is 9.53. The molecule has 1 saturated heterocycles. The maximum atomic E-state index is 14.5. The van der Waals surface area contributed by atoms with Gasteiger partial charge in [-0.1, -0.05) is 54.2 Å². The smallest absolute Gasteiger partial charge is 0.248 e. The number of amides is 3. The number of nitrogens with zero attached hydrogens (tertiary/aromatic N) is 1. The van der Waals surface area contributed by atoms with E-state index < -0.39 is 142 Å². The molecule has 0 radical (unpaired) electrons. The van der Waals surface area contributed by atoms with Gasteiger partial charge in [0.1, 0.15) is 10.6 Å². The van der Waals surface area contributed by atoms with Crippen molar-refractivity contribution in [3.63, 3.8) is 0 Å². The molecule has 0 saturated carbocycles. The van der Waals surface area contributed by atoms with Gasteiger partial charge in [-0.2, -0.15) is 0 Å². The summed E-state index contributed by atoms with van der Waals surface area (Å²) in [6.07, 6.45) is -4.17. The summed E-state index contributed by atoms with van der Waals surface area (Å²) in [6.45, 7) is -1.76. The molecule has 1 unspecified atom stereocenters. The molecule has 0 spiro atoms. The van der Waals surface area contributed by atoms with Crippen LogP contribution in [0.3, 0.4) is 0 Å². The lowest BCUT2D eigenvalue weighted by molar-refractivity contribution is -0.124. The van der Waals surface area contributed by atoms with E-state index in [0.717, 1.165) is 29.2 Å². The Kier molecular flexibility index (Phi) is 5.87. The molecule has 3 amide bonds. The Bertz CT molecular complexity index is 2590. The maximum absolute atomic E-state index is 14.5. The number of methoxy groups -OCH3 is 1. The number of carbonyl (C=O) groups excluding carboxylic acids is 3. The number of benzene rings is 4. The van der Waals surface area contributed by atoms with Gasteiger partial charge in [0.25, 0.3) is 0 Å². The predicted octanol–water partition coefficient (Wildman–Crippen LogP) is 4.50. The summed E-state index contributed by atoms with van der Waals surface area (Å²) in [4.78, 5) is 40.8. The van der Waals surface area contributed by atoms with Crippen molar-refractivity contribution in [2.24, 2.45) is 5.73 Å². The van der Waals surface area contributed by atoms with Gasteiger partial charge in [0.2, 0.25) is 17.7 Å². The van der Waals surface area contributed by atoms with Gasteiger partial charge in [0.15, 0.2) is 11.5 Å². The molecule has 1 fully saturated rings. The van der Waals surface area contributed by atoms with E-state index in [2.05, 4.69) is 11.8 Å². The van der Waals surface area contributed by atoms with E-state index in [1.165, 1.54) is 18.2 Å². The molecular formula is C37H35N3O6S. The average molecular weight is 666 g/mol. The quantitative estimate of drug-likeness (QED) is 0.227. The Morgan fingerprint density at radius 2 is 1.79 bits per heavy atom. The second-order valence-corrected chi connectivity index (χ2v) is 11.2. The van der Waals surface area contributed by atoms with E-state index in [4.69, 9.17) is 37.1 Å². The summed E-state index contributed by atoms with van der Waals surface area (Å²) in [7, 11) is -5.60. The van der Waals surface area contributed by atoms with Crippen LogP contribution < -0.4 is 25.4 Å². The number of hydrogen-bond donors (Lipinski definition) is 2. The van der Waals surface area contributed by atoms with E-state index in [1.54, 1.807) is 6.92 Å². The zero-order valence-electron chi connectivity index (χ0n) is 40.5. The molecule has 0 aliphatic carbocycles. The first-order valence-corrected chi connectivity index (χ1v) is 15.0. The van der Waals surface area contributed by atoms with Crippen molar-refractivity contribution in [2.45, 2.75) is 30.3 Å². The first-order valence-electron chi connectivity index (χ1n) is 21.8. The zero-order chi connectivity index (χ0) is 47.3. The van der Waals surface area contributed by atoms with Crippen LogP contribution in [-0.2, 0) is 26.8 Å². The standard InChI is InChI=1S/C37H35N3O6S/c1-3-46-32-22-27(16-19-31(32)45-2)20-21-39-34(41)24-33-36(43)40(30-11-7-10-29(23-30)35(38)42)37(47(33)44)28-17-14-26(15-18-28)13-12-25-8-5-4-6-9-25/h4-11,14-19,22-23,33,37H,3,20-21,24H2,1-2H3,(H2,38,42)(H,39,41)/t33-,37+,47?/m1/s1/i2D3,4D,5D,6D,8D,9D,14D,15D,17D,18D,20D2,21D2. The second kappa shape index (κ2) is 15.3. The van der Waals surface area contributed by atoms with E-state index in [9.17, 15) is 18.6 Å². The molecule has 3 atom stereocenters. The summed E-state index contributed by atoms with van der Waals surface area (Å²) in [5.41, 5.74) is 2.96. The highest BCUT2D eigenvalue weighted by Crippen LogP contribution is 2.40. The molecule has 1 aliphatic heterocycles. The topological polar surface area (TPSA) is 128 Å². The summed E-state index contributed by atoms with van der Waals surface area (Å²) in [6, 6.07) is 1.04. The largest absolute Gasteiger partial charge is 0.493 e. The zero-order valence-corrected chi connectivity index (χ0v) is 25.3. The highest BCUT2D eigenvalue weighted by molar-refractivity contribution is 7.87. The van der Waals surface area contributed by atoms with Crippen LogP contribution in [0.15, 0.2) is 96.8 Å². The molecule has 0 bridgehead atoms. The minimum atomic E-state index is -3.28. The van der Waals surface area contributed by atoms with Crippen molar-refractivity contribution in [1.29, 1.82) is 0 Å². The minimum Gasteiger partial charge on any atom is -0.493 e. The number of anilines is 1. The van der Waals surface area contributed by atoms with Crippen LogP contribution in [0.25, 0.3) is 0 Å². The maximum Gasteiger partial charge on any atom is 0.248 e. The van der Waals surface area contributed by atoms with Gasteiger partial charge in [-0.15, -0.1) is 0 Å². The fourth-order valence-corrected chi connectivity index (χ4v) is 6.12. The molecule has 240 valence electrons. The number of ether oxygens (including phenoxy) is 2. The minimum absolute atomic E-state index is 0.0233. The first-order chi connectivity index (χ1) is 29.2. The van der Waals surface area contributed by atoms with Crippen LogP contribution in [0, 0.1) is 11.8 Å². The van der Waals surface area contributed by atoms with Crippen molar-refractivity contribution in [1.82, 2.24) is 5.32 Å². The van der Waals surface area contributed by atoms with Gasteiger partial charge in [-0.05, 0) is 78.9 Å². The average Bonchev–Trinajstić information content (AvgIpc) is 3.44. The highest BCUT2D eigenvalue weighted by Gasteiger charge is 2.48. The Balaban J connectivity index is 1.55. The van der Waals surface area contributed by atoms with Crippen molar-refractivity contribution >= 4 is 34.2 Å². The van der Waals surface area contributed by atoms with Gasteiger partial charge in [-0.25, -0.2) is 0 Å². The molecule has 4 aromatic carbocycles. The lowest BCUT2D eigenvalue weighted by atomic mass is 10.1. The molecule has 0 aromatic heterocycles. The number of primary amides is 1. The van der Waals surface area contributed by atoms with Crippen molar-refractivity contribution in [3.8, 4) is 23.3 Å². The Morgan fingerprint density at radius 1 is 1.04 bits per heavy atom. The SMILES string of the molecule is [2H]c1c([2H])c([2H])c(C#Cc2c([2H])c([2H])c([C@H]3N(c4cccc(C(N)=O)c4)C(=O)[C@@H](CC(=O)NC([2H])([2H])C([2H])([2H])c4ccc(OC([2H])([2H])[2H])c(OCC)c4)S3=O)c([2H])c2[2H])c([2H])c1[2H]. The van der Waals surface area contributed by atoms with E-state index in [0.29, 0.717) is 0 Å². The molecule has 1 heterocycles. The third kappa shape index (κ3) is 7.88. The molecule has 10 heteroatoms. The van der Waals surface area contributed by atoms with Crippen molar-refractivity contribution in [3.05, 3.63) is 125 Å². The lowest BCUT2D eigenvalue weighted by Crippen LogP contribution is -2.35. The molecule has 47 heavy (non-hydrogen) atoms. The molecular weight excluding hydrogens is 614 g/mol. The number of nitrogens with one attached hydrogen (secondary N) is 1. The number of nitrogens with two attached hydrogens (primary N) is 1. The van der Waals surface area contributed by atoms with Crippen molar-refractivity contribution < 1.29 is 50.0 Å². The van der Waals surface area contributed by atoms with Crippen LogP contribution in [0.2, 0.25) is 0 Å². The first kappa shape index (κ1) is 18.1. The molecule has 3 N–H and O–H groups in total. The Labute approximate surface area is 299 Å². The fourth-order valence-electron chi connectivity index (χ4n) is 4.39. The summed E-state index contributed by atoms with van der Waals surface area (Å²) in [5.74, 6) is 0.704. The van der Waals surface area contributed by atoms with Crippen LogP contribution in [0.5, 0.6) is 11.5 Å². The van der Waals surface area contributed by atoms with Crippen LogP contribution in [0.4, 0.5) is 5.69 Å². The molecule has 4 aromatic rings. The van der Waals surface area contributed by atoms with E-state index >= 15 is 0 Å². The van der Waals surface area contributed by atoms with Gasteiger partial charge in [-0.3, -0.25) is 23.5 Å². The Morgan fingerprint density at radius 3 is 2.49 bits per heavy atom. The van der Waals surface area contributed by atoms with Crippen LogP contribution >= 0.6 is 0 Å². The predicted molar refractivity (Wildman–Crippen MR) is 181 cm³/mol. The third-order valence-electron chi connectivity index (χ3n) is 6.49. The highest BCUT2D eigenvalue weighted by atomic mass is 32.2. The number of rotatable bonds is 11. The fraction of sp³-hybridized carbons (Fsp3) is 0.216. The number of carbonyl (C=O) groups is 3. The van der Waals surface area contributed by atoms with Gasteiger partial charge in [0, 0.05) is 40.8 Å². The molecule has 9 nitrogen and oxygen atoms in total.